The number of hydrogen-bond donors (Lipinski definition) is 0. The summed E-state index contributed by atoms with van der Waals surface area (Å²) in [4.78, 5) is 4.35. The van der Waals surface area contributed by atoms with Crippen molar-refractivity contribution in [3.8, 4) is 22.3 Å². The van der Waals surface area contributed by atoms with E-state index in [0.717, 1.165) is 46.0 Å². The van der Waals surface area contributed by atoms with E-state index < -0.39 is 20.6 Å². The van der Waals surface area contributed by atoms with Gasteiger partial charge in [0.25, 0.3) is 0 Å². The smallest absolute Gasteiger partial charge is 0.0468 e. The highest BCUT2D eigenvalue weighted by Crippen LogP contribution is 2.72. The van der Waals surface area contributed by atoms with Gasteiger partial charge in [0.1, 0.15) is 0 Å². The zero-order chi connectivity index (χ0) is 51.4. The standard InChI is InChI=1S/C63H58N2/c1-38-7-16-48(17-8-38)64(49-18-9-39(2)10-19-49)52-24-15-44-35-56-54-27-28-57-60(61(54)63(59(56)36-45(44)34-52)46-30-42-29-43(32-46)33-47(63)31-42)55-26-25-53(37-58(55)62(57,5)6)65(50-20-11-40(3)12-21-50)51-22-13-41(4)14-23-51/h7-28,34-37,42-43,46-47H,29-33H2,1-6H3/i1D3,3D3,4D3. The van der Waals surface area contributed by atoms with Crippen molar-refractivity contribution in [2.75, 3.05) is 9.80 Å². The molecule has 8 aromatic rings. The molecule has 320 valence electrons. The molecule has 4 saturated carbocycles. The fourth-order valence-corrected chi connectivity index (χ4v) is 13.9. The van der Waals surface area contributed by atoms with E-state index in [-0.39, 0.29) is 22.0 Å². The van der Waals surface area contributed by atoms with Gasteiger partial charge in [0.2, 0.25) is 0 Å². The van der Waals surface area contributed by atoms with Crippen molar-refractivity contribution in [2.24, 2.45) is 23.7 Å². The lowest BCUT2D eigenvalue weighted by atomic mass is 9.42. The molecule has 0 aromatic heterocycles. The summed E-state index contributed by atoms with van der Waals surface area (Å²) < 4.78 is 72.6. The molecule has 4 bridgehead atoms. The maximum absolute atomic E-state index is 8.07. The van der Waals surface area contributed by atoms with E-state index in [0.29, 0.717) is 17.4 Å². The predicted molar refractivity (Wildman–Crippen MR) is 273 cm³/mol. The first kappa shape index (κ1) is 30.7. The third-order valence-corrected chi connectivity index (χ3v) is 16.5. The highest BCUT2D eigenvalue weighted by molar-refractivity contribution is 6.01. The molecule has 1 spiro atoms. The Balaban J connectivity index is 0.976. The van der Waals surface area contributed by atoms with E-state index in [2.05, 4.69) is 116 Å². The van der Waals surface area contributed by atoms with Gasteiger partial charge in [-0.3, -0.25) is 0 Å². The molecular formula is C63H58N2. The van der Waals surface area contributed by atoms with Crippen LogP contribution < -0.4 is 9.80 Å². The molecule has 0 unspecified atom stereocenters. The Kier molecular flexibility index (Phi) is 6.64. The molecule has 0 saturated heterocycles. The maximum atomic E-state index is 8.07. The van der Waals surface area contributed by atoms with Gasteiger partial charge < -0.3 is 9.80 Å². The van der Waals surface area contributed by atoms with E-state index in [1.54, 1.807) is 36.4 Å². The third-order valence-electron chi connectivity index (χ3n) is 16.5. The zero-order valence-electron chi connectivity index (χ0n) is 46.3. The minimum absolute atomic E-state index is 0.160. The summed E-state index contributed by atoms with van der Waals surface area (Å²) in [5, 5.41) is 2.38. The molecule has 2 nitrogen and oxygen atoms in total. The summed E-state index contributed by atoms with van der Waals surface area (Å²) >= 11 is 0. The lowest BCUT2D eigenvalue weighted by Crippen LogP contribution is -2.55. The quantitative estimate of drug-likeness (QED) is 0.164. The lowest BCUT2D eigenvalue weighted by molar-refractivity contribution is -0.0396. The molecule has 2 heteroatoms. The van der Waals surface area contributed by atoms with Crippen molar-refractivity contribution < 1.29 is 12.3 Å². The van der Waals surface area contributed by atoms with Gasteiger partial charge in [-0.25, -0.2) is 0 Å². The van der Waals surface area contributed by atoms with Gasteiger partial charge in [0.05, 0.1) is 0 Å². The highest BCUT2D eigenvalue weighted by atomic mass is 15.1. The van der Waals surface area contributed by atoms with Crippen LogP contribution >= 0.6 is 0 Å². The molecule has 0 amide bonds. The van der Waals surface area contributed by atoms with Crippen molar-refractivity contribution in [3.63, 3.8) is 0 Å². The van der Waals surface area contributed by atoms with Crippen molar-refractivity contribution >= 4 is 44.9 Å². The second kappa shape index (κ2) is 14.1. The van der Waals surface area contributed by atoms with Crippen LogP contribution in [0.1, 0.15) is 103 Å². The first-order valence-corrected chi connectivity index (χ1v) is 23.6. The summed E-state index contributed by atoms with van der Waals surface area (Å²) in [5.41, 5.74) is 17.8. The van der Waals surface area contributed by atoms with Crippen LogP contribution in [-0.4, -0.2) is 0 Å². The summed E-state index contributed by atoms with van der Waals surface area (Å²) in [6.45, 7) is 0.106. The van der Waals surface area contributed by atoms with Gasteiger partial charge in [-0.15, -0.1) is 0 Å². The maximum Gasteiger partial charge on any atom is 0.0468 e. The minimum Gasteiger partial charge on any atom is -0.310 e. The number of nitrogens with zero attached hydrogens (tertiary/aromatic N) is 2. The number of aryl methyl sites for hydroxylation is 4. The Hall–Kier alpha value is -6.38. The van der Waals surface area contributed by atoms with Crippen LogP contribution in [0.2, 0.25) is 0 Å². The Bertz CT molecular complexity index is 3460. The van der Waals surface area contributed by atoms with Crippen molar-refractivity contribution in [3.05, 3.63) is 202 Å². The fourth-order valence-electron chi connectivity index (χ4n) is 13.9. The van der Waals surface area contributed by atoms with Gasteiger partial charge in [0, 0.05) is 57.3 Å². The van der Waals surface area contributed by atoms with Crippen molar-refractivity contribution in [1.29, 1.82) is 0 Å². The first-order chi connectivity index (χ1) is 35.2. The fraction of sp³-hybridized carbons (Fsp3) is 0.270. The van der Waals surface area contributed by atoms with Crippen LogP contribution in [0, 0.1) is 51.2 Å². The largest absolute Gasteiger partial charge is 0.310 e. The molecule has 0 atom stereocenters. The molecule has 8 aromatic carbocycles. The van der Waals surface area contributed by atoms with Crippen molar-refractivity contribution in [1.82, 2.24) is 0 Å². The van der Waals surface area contributed by atoms with E-state index in [4.69, 9.17) is 12.3 Å². The van der Waals surface area contributed by atoms with Gasteiger partial charge in [0.15, 0.2) is 0 Å². The van der Waals surface area contributed by atoms with Crippen LogP contribution in [0.4, 0.5) is 34.1 Å². The monoisotopic (exact) mass is 852 g/mol. The van der Waals surface area contributed by atoms with Crippen LogP contribution in [0.5, 0.6) is 0 Å². The van der Waals surface area contributed by atoms with E-state index in [1.807, 2.05) is 36.4 Å². The minimum atomic E-state index is -2.25. The molecule has 65 heavy (non-hydrogen) atoms. The number of benzene rings is 8. The second-order valence-corrected chi connectivity index (χ2v) is 20.5. The first-order valence-electron chi connectivity index (χ1n) is 28.1. The number of rotatable bonds is 6. The highest BCUT2D eigenvalue weighted by Gasteiger charge is 2.63. The van der Waals surface area contributed by atoms with E-state index in [1.165, 1.54) is 92.9 Å². The molecule has 14 rings (SSSR count). The molecular weight excluding hydrogens is 785 g/mol. The van der Waals surface area contributed by atoms with Gasteiger partial charge in [-0.1, -0.05) is 109 Å². The summed E-state index contributed by atoms with van der Waals surface area (Å²) in [5.74, 6) is 2.56. The Labute approximate surface area is 398 Å². The SMILES string of the molecule is [2H]C([2H])([2H])c1ccc(N(c2ccc(C([2H])([2H])[2H])cc2)c2ccc3c(c2)C(C)(C)c2ccc4c(c2-3)C2(c3cc5cc(N(c6ccc(C)cc6)c6ccc(C([2H])([2H])[2H])cc6)ccc5cc3-4)C3CC4CC(C3)CC2C4)cc1. The summed E-state index contributed by atoms with van der Waals surface area (Å²) in [6, 6.07) is 53.4. The van der Waals surface area contributed by atoms with Gasteiger partial charge >= 0.3 is 0 Å². The normalized spacial score (nSPS) is 25.1. The van der Waals surface area contributed by atoms with Crippen molar-refractivity contribution in [2.45, 2.75) is 84.3 Å². The average molecular weight is 852 g/mol. The molecule has 0 aliphatic heterocycles. The lowest BCUT2D eigenvalue weighted by Gasteiger charge is -2.61. The number of anilines is 6. The van der Waals surface area contributed by atoms with Gasteiger partial charge in [-0.2, -0.15) is 0 Å². The van der Waals surface area contributed by atoms with Crippen LogP contribution in [0.25, 0.3) is 33.0 Å². The van der Waals surface area contributed by atoms with Crippen LogP contribution in [0.15, 0.2) is 158 Å². The van der Waals surface area contributed by atoms with E-state index >= 15 is 0 Å². The van der Waals surface area contributed by atoms with Crippen LogP contribution in [0.3, 0.4) is 0 Å². The molecule has 0 N–H and O–H groups in total. The third kappa shape index (κ3) is 5.71. The van der Waals surface area contributed by atoms with Gasteiger partial charge in [-0.05, 0) is 223 Å². The molecule has 4 fully saturated rings. The van der Waals surface area contributed by atoms with E-state index in [9.17, 15) is 0 Å². The van der Waals surface area contributed by atoms with Crippen LogP contribution in [-0.2, 0) is 10.8 Å². The Morgan fingerprint density at radius 2 is 0.892 bits per heavy atom. The zero-order valence-corrected chi connectivity index (χ0v) is 37.3. The molecule has 0 heterocycles. The second-order valence-electron chi connectivity index (χ2n) is 20.5. The average Bonchev–Trinajstić information content (AvgIpc) is 3.84. The Morgan fingerprint density at radius 3 is 1.43 bits per heavy atom. The molecule has 0 radical (unpaired) electrons. The number of fused-ring (bicyclic) bond motifs is 8. The molecule has 6 aliphatic rings. The molecule has 6 aliphatic carbocycles. The predicted octanol–water partition coefficient (Wildman–Crippen LogP) is 17.0. The summed E-state index contributed by atoms with van der Waals surface area (Å²) in [7, 11) is 0. The number of hydrogen-bond acceptors (Lipinski definition) is 2. The topological polar surface area (TPSA) is 6.48 Å². The summed E-state index contributed by atoms with van der Waals surface area (Å²) in [6.07, 6.45) is 6.32. The Morgan fingerprint density at radius 1 is 0.415 bits per heavy atom.